The van der Waals surface area contributed by atoms with Crippen LogP contribution in [0.2, 0.25) is 5.15 Å². The Balaban J connectivity index is 1.58. The van der Waals surface area contributed by atoms with E-state index in [1.54, 1.807) is 28.8 Å². The van der Waals surface area contributed by atoms with Crippen LogP contribution >= 0.6 is 11.6 Å². The van der Waals surface area contributed by atoms with Crippen LogP contribution in [0.3, 0.4) is 0 Å². The molecule has 1 aromatic rings. The Hall–Kier alpha value is -2.80. The molecule has 114 valence electrons. The number of aromatic nitrogens is 4. The van der Waals surface area contributed by atoms with E-state index in [2.05, 4.69) is 15.0 Å². The molecule has 0 spiro atoms. The molecule has 0 saturated heterocycles. The van der Waals surface area contributed by atoms with Gasteiger partial charge in [0.15, 0.2) is 5.82 Å². The van der Waals surface area contributed by atoms with E-state index in [4.69, 9.17) is 11.6 Å². The Morgan fingerprint density at radius 2 is 1.65 bits per heavy atom. The minimum absolute atomic E-state index is 0.206. The van der Waals surface area contributed by atoms with Gasteiger partial charge in [0.1, 0.15) is 17.2 Å². The lowest BCUT2D eigenvalue weighted by atomic mass is 10.1. The van der Waals surface area contributed by atoms with Crippen LogP contribution in [-0.4, -0.2) is 42.8 Å². The molecule has 0 N–H and O–H groups in total. The predicted octanol–water partition coefficient (Wildman–Crippen LogP) is 1.73. The number of amides is 2. The number of nitrogens with zero attached hydrogens (tertiary/aromatic N) is 5. The third kappa shape index (κ3) is 2.08. The second-order valence-corrected chi connectivity index (χ2v) is 5.44. The zero-order chi connectivity index (χ0) is 16.0. The maximum atomic E-state index is 12.3. The molecule has 7 nitrogen and oxygen atoms in total. The highest BCUT2D eigenvalue weighted by Crippen LogP contribution is 2.25. The van der Waals surface area contributed by atoms with E-state index < -0.39 is 0 Å². The van der Waals surface area contributed by atoms with E-state index in [1.807, 2.05) is 0 Å². The zero-order valence-electron chi connectivity index (χ0n) is 11.8. The Morgan fingerprint density at radius 1 is 0.957 bits per heavy atom. The van der Waals surface area contributed by atoms with Gasteiger partial charge in [-0.05, 0) is 12.1 Å². The van der Waals surface area contributed by atoms with Crippen molar-refractivity contribution in [3.05, 3.63) is 53.2 Å². The number of benzene rings is 1. The van der Waals surface area contributed by atoms with Gasteiger partial charge < -0.3 is 4.57 Å². The maximum Gasteiger partial charge on any atom is 0.261 e. The summed E-state index contributed by atoms with van der Waals surface area (Å²) in [5, 5.41) is 0.379. The van der Waals surface area contributed by atoms with Crippen molar-refractivity contribution in [3.63, 3.8) is 0 Å². The zero-order valence-corrected chi connectivity index (χ0v) is 12.6. The Morgan fingerprint density at radius 3 is 2.35 bits per heavy atom. The van der Waals surface area contributed by atoms with Gasteiger partial charge in [0.05, 0.1) is 17.5 Å². The molecule has 3 aliphatic heterocycles. The third-order valence-corrected chi connectivity index (χ3v) is 4.18. The largest absolute Gasteiger partial charge is 0.319 e. The monoisotopic (exact) mass is 327 g/mol. The molecule has 23 heavy (non-hydrogen) atoms. The lowest BCUT2D eigenvalue weighted by Gasteiger charge is -2.16. The quantitative estimate of drug-likeness (QED) is 0.540. The first kappa shape index (κ1) is 13.8. The summed E-state index contributed by atoms with van der Waals surface area (Å²) in [6, 6.07) is 6.79. The van der Waals surface area contributed by atoms with Gasteiger partial charge in [-0.3, -0.25) is 14.5 Å². The highest BCUT2D eigenvalue weighted by molar-refractivity contribution is 6.31. The molecule has 0 aliphatic carbocycles. The van der Waals surface area contributed by atoms with Crippen molar-refractivity contribution in [1.29, 1.82) is 0 Å². The maximum absolute atomic E-state index is 12.3. The Bertz CT molecular complexity index is 872. The lowest BCUT2D eigenvalue weighted by Crippen LogP contribution is -2.33. The van der Waals surface area contributed by atoms with Crippen molar-refractivity contribution >= 4 is 23.4 Å². The van der Waals surface area contributed by atoms with Gasteiger partial charge >= 0.3 is 0 Å². The van der Waals surface area contributed by atoms with Crippen molar-refractivity contribution in [3.8, 4) is 11.5 Å². The number of hydrogen-bond donors (Lipinski definition) is 0. The van der Waals surface area contributed by atoms with Crippen LogP contribution in [0.4, 0.5) is 0 Å². The van der Waals surface area contributed by atoms with Crippen molar-refractivity contribution in [2.75, 3.05) is 6.54 Å². The smallest absolute Gasteiger partial charge is 0.261 e. The highest BCUT2D eigenvalue weighted by Gasteiger charge is 2.34. The standard InChI is InChI=1S/C15H10ClN5O2/c16-12-11-13(18-7-17-11)19-8-20(12)5-6-21-14(22)9-3-1-2-4-10(9)15(21)23/h1-4,7-8H,5-6H2. The summed E-state index contributed by atoms with van der Waals surface area (Å²) >= 11 is 6.26. The number of imidazole rings is 1. The minimum Gasteiger partial charge on any atom is -0.319 e. The first-order chi connectivity index (χ1) is 11.2. The van der Waals surface area contributed by atoms with E-state index in [9.17, 15) is 9.59 Å². The van der Waals surface area contributed by atoms with Crippen molar-refractivity contribution in [1.82, 2.24) is 24.4 Å². The van der Waals surface area contributed by atoms with Gasteiger partial charge in [-0.1, -0.05) is 23.7 Å². The molecule has 3 aliphatic rings. The number of fused-ring (bicyclic) bond motifs is 2. The van der Waals surface area contributed by atoms with E-state index in [0.717, 1.165) is 0 Å². The number of hydrogen-bond acceptors (Lipinski definition) is 5. The van der Waals surface area contributed by atoms with Crippen LogP contribution in [-0.2, 0) is 6.54 Å². The fourth-order valence-electron chi connectivity index (χ4n) is 2.62. The van der Waals surface area contributed by atoms with Crippen LogP contribution < -0.4 is 0 Å². The Kier molecular flexibility index (Phi) is 3.09. The van der Waals surface area contributed by atoms with Crippen LogP contribution in [0, 0.1) is 0 Å². The molecule has 0 aromatic heterocycles. The van der Waals surface area contributed by atoms with Gasteiger partial charge in [-0.15, -0.1) is 0 Å². The van der Waals surface area contributed by atoms with E-state index >= 15 is 0 Å². The molecular weight excluding hydrogens is 318 g/mol. The van der Waals surface area contributed by atoms with Gasteiger partial charge in [-0.2, -0.15) is 0 Å². The molecule has 0 radical (unpaired) electrons. The molecule has 3 heterocycles. The fraction of sp³-hybridized carbons (Fsp3) is 0.133. The second-order valence-electron chi connectivity index (χ2n) is 5.08. The molecule has 0 saturated carbocycles. The molecule has 0 atom stereocenters. The second kappa shape index (κ2) is 5.13. The average molecular weight is 328 g/mol. The molecule has 0 unspecified atom stereocenters. The van der Waals surface area contributed by atoms with Gasteiger partial charge in [0.2, 0.25) is 0 Å². The number of carbonyl (C=O) groups excluding carboxylic acids is 2. The predicted molar refractivity (Wildman–Crippen MR) is 81.3 cm³/mol. The first-order valence-corrected chi connectivity index (χ1v) is 7.31. The summed E-state index contributed by atoms with van der Waals surface area (Å²) in [6.07, 6.45) is 2.91. The van der Waals surface area contributed by atoms with Gasteiger partial charge in [0, 0.05) is 13.1 Å². The van der Waals surface area contributed by atoms with Crippen molar-refractivity contribution < 1.29 is 9.59 Å². The van der Waals surface area contributed by atoms with Crippen LogP contribution in [0.1, 0.15) is 20.7 Å². The van der Waals surface area contributed by atoms with Crippen molar-refractivity contribution in [2.45, 2.75) is 6.54 Å². The molecule has 1 aromatic carbocycles. The van der Waals surface area contributed by atoms with E-state index in [1.165, 1.54) is 17.6 Å². The fourth-order valence-corrected chi connectivity index (χ4v) is 2.88. The molecule has 0 fully saturated rings. The number of rotatable bonds is 3. The number of imide groups is 1. The van der Waals surface area contributed by atoms with Crippen LogP contribution in [0.25, 0.3) is 11.5 Å². The summed E-state index contributed by atoms with van der Waals surface area (Å²) in [6.45, 7) is 0.540. The normalized spacial score (nSPS) is 13.9. The average Bonchev–Trinajstić information content (AvgIpc) is 3.13. The number of halogens is 1. The van der Waals surface area contributed by atoms with E-state index in [0.29, 0.717) is 34.3 Å². The molecular formula is C15H10ClN5O2. The summed E-state index contributed by atoms with van der Waals surface area (Å²) < 4.78 is 1.64. The summed E-state index contributed by atoms with van der Waals surface area (Å²) in [5.41, 5.74) is 1.37. The molecule has 4 rings (SSSR count). The van der Waals surface area contributed by atoms with Crippen LogP contribution in [0.15, 0.2) is 36.9 Å². The third-order valence-electron chi connectivity index (χ3n) is 3.79. The van der Waals surface area contributed by atoms with Gasteiger partial charge in [-0.25, -0.2) is 15.0 Å². The highest BCUT2D eigenvalue weighted by atomic mass is 35.5. The topological polar surface area (TPSA) is 81.0 Å². The molecule has 0 bridgehead atoms. The molecule has 8 heteroatoms. The SMILES string of the molecule is O=C1c2ccccc2C(=O)N1CCn1cnc2ncnc-2c1Cl. The number of carbonyl (C=O) groups is 2. The lowest BCUT2D eigenvalue weighted by molar-refractivity contribution is 0.0649. The Labute approximate surface area is 135 Å². The minimum atomic E-state index is -0.288. The summed E-state index contributed by atoms with van der Waals surface area (Å²) in [5.74, 6) is -0.110. The van der Waals surface area contributed by atoms with Crippen molar-refractivity contribution in [2.24, 2.45) is 0 Å². The van der Waals surface area contributed by atoms with Crippen LogP contribution in [0.5, 0.6) is 0 Å². The van der Waals surface area contributed by atoms with Gasteiger partial charge in [0.25, 0.3) is 11.8 Å². The first-order valence-electron chi connectivity index (χ1n) is 6.93. The molecule has 2 amide bonds. The van der Waals surface area contributed by atoms with E-state index in [-0.39, 0.29) is 18.4 Å². The summed E-state index contributed by atoms with van der Waals surface area (Å²) in [7, 11) is 0. The summed E-state index contributed by atoms with van der Waals surface area (Å²) in [4.78, 5) is 38.0.